The molecular weight excluding hydrogens is 232 g/mol. The molecule has 2 atom stereocenters. The second kappa shape index (κ2) is 6.06. The molecule has 0 bridgehead atoms. The minimum absolute atomic E-state index is 0.316. The highest BCUT2D eigenvalue weighted by Gasteiger charge is 2.39. The van der Waals surface area contributed by atoms with Crippen LogP contribution in [-0.2, 0) is 6.54 Å². The molecule has 0 saturated heterocycles. The molecular formula is C17H28N2. The summed E-state index contributed by atoms with van der Waals surface area (Å²) in [6.07, 6.45) is 2.54. The van der Waals surface area contributed by atoms with Crippen molar-refractivity contribution >= 4 is 0 Å². The number of hydrogen-bond acceptors (Lipinski definition) is 2. The molecule has 0 aliphatic heterocycles. The maximum Gasteiger partial charge on any atom is 0.0233 e. The van der Waals surface area contributed by atoms with Crippen LogP contribution >= 0.6 is 0 Å². The molecule has 1 aromatic carbocycles. The van der Waals surface area contributed by atoms with Crippen LogP contribution in [-0.4, -0.2) is 24.0 Å². The van der Waals surface area contributed by atoms with Crippen LogP contribution in [0.3, 0.4) is 0 Å². The molecule has 1 fully saturated rings. The summed E-state index contributed by atoms with van der Waals surface area (Å²) in [6, 6.07) is 11.1. The lowest BCUT2D eigenvalue weighted by Gasteiger charge is -2.30. The van der Waals surface area contributed by atoms with Gasteiger partial charge in [-0.05, 0) is 36.3 Å². The van der Waals surface area contributed by atoms with Crippen LogP contribution in [0.1, 0.15) is 39.2 Å². The Balaban J connectivity index is 1.93. The van der Waals surface area contributed by atoms with Gasteiger partial charge in [0, 0.05) is 19.1 Å². The Bertz CT molecular complexity index is 386. The molecule has 106 valence electrons. The van der Waals surface area contributed by atoms with Gasteiger partial charge in [-0.2, -0.15) is 0 Å². The first-order valence-corrected chi connectivity index (χ1v) is 7.55. The van der Waals surface area contributed by atoms with Crippen molar-refractivity contribution in [3.8, 4) is 0 Å². The third kappa shape index (κ3) is 3.58. The lowest BCUT2D eigenvalue weighted by molar-refractivity contribution is 0.205. The van der Waals surface area contributed by atoms with Gasteiger partial charge in [-0.1, -0.05) is 51.1 Å². The van der Waals surface area contributed by atoms with Crippen molar-refractivity contribution in [2.75, 3.05) is 13.1 Å². The largest absolute Gasteiger partial charge is 0.327 e. The molecule has 0 amide bonds. The number of nitrogens with two attached hydrogens (primary N) is 1. The fourth-order valence-electron chi connectivity index (χ4n) is 3.23. The van der Waals surface area contributed by atoms with E-state index in [1.54, 1.807) is 0 Å². The van der Waals surface area contributed by atoms with Crippen LogP contribution in [0.2, 0.25) is 0 Å². The lowest BCUT2D eigenvalue weighted by Crippen LogP contribution is -2.42. The fraction of sp³-hybridized carbons (Fsp3) is 0.647. The molecule has 2 rings (SSSR count). The third-order valence-corrected chi connectivity index (χ3v) is 4.76. The number of benzene rings is 1. The molecule has 0 heterocycles. The summed E-state index contributed by atoms with van der Waals surface area (Å²) in [5.41, 5.74) is 8.14. The molecule has 1 aliphatic carbocycles. The topological polar surface area (TPSA) is 29.3 Å². The molecule has 0 radical (unpaired) electrons. The summed E-state index contributed by atoms with van der Waals surface area (Å²) >= 11 is 0. The molecule has 1 aliphatic rings. The van der Waals surface area contributed by atoms with Crippen molar-refractivity contribution < 1.29 is 0 Å². The van der Waals surface area contributed by atoms with Crippen LogP contribution in [0.4, 0.5) is 0 Å². The Hall–Kier alpha value is -0.860. The van der Waals surface area contributed by atoms with E-state index in [9.17, 15) is 0 Å². The predicted molar refractivity (Wildman–Crippen MR) is 81.9 cm³/mol. The highest BCUT2D eigenvalue weighted by molar-refractivity contribution is 5.14. The van der Waals surface area contributed by atoms with Gasteiger partial charge in [-0.15, -0.1) is 0 Å². The summed E-state index contributed by atoms with van der Waals surface area (Å²) in [5, 5.41) is 0. The zero-order valence-electron chi connectivity index (χ0n) is 12.6. The number of rotatable bonds is 5. The summed E-state index contributed by atoms with van der Waals surface area (Å²) in [4.78, 5) is 2.53. The summed E-state index contributed by atoms with van der Waals surface area (Å²) in [6.45, 7) is 10.1. The van der Waals surface area contributed by atoms with Gasteiger partial charge in [-0.3, -0.25) is 4.90 Å². The average molecular weight is 260 g/mol. The molecule has 2 nitrogen and oxygen atoms in total. The summed E-state index contributed by atoms with van der Waals surface area (Å²) < 4.78 is 0. The normalized spacial score (nSPS) is 25.9. The second-order valence-corrected chi connectivity index (χ2v) is 6.63. The maximum atomic E-state index is 6.43. The Morgan fingerprint density at radius 3 is 2.47 bits per heavy atom. The van der Waals surface area contributed by atoms with E-state index in [1.165, 1.54) is 18.4 Å². The van der Waals surface area contributed by atoms with Gasteiger partial charge < -0.3 is 5.73 Å². The SMILES string of the molecule is CCN(Cc1ccccc1)CC1CCC(C)(C)C1N. The van der Waals surface area contributed by atoms with Gasteiger partial charge in [0.2, 0.25) is 0 Å². The lowest BCUT2D eigenvalue weighted by atomic mass is 9.85. The summed E-state index contributed by atoms with van der Waals surface area (Å²) in [7, 11) is 0. The maximum absolute atomic E-state index is 6.43. The van der Waals surface area contributed by atoms with Crippen molar-refractivity contribution in [2.24, 2.45) is 17.1 Å². The minimum Gasteiger partial charge on any atom is -0.327 e. The molecule has 0 aromatic heterocycles. The predicted octanol–water partition coefficient (Wildman–Crippen LogP) is 3.27. The molecule has 2 unspecified atom stereocenters. The highest BCUT2D eigenvalue weighted by Crippen LogP contribution is 2.40. The van der Waals surface area contributed by atoms with E-state index in [2.05, 4.69) is 56.0 Å². The van der Waals surface area contributed by atoms with Gasteiger partial charge in [0.15, 0.2) is 0 Å². The quantitative estimate of drug-likeness (QED) is 0.880. The first kappa shape index (κ1) is 14.5. The zero-order valence-corrected chi connectivity index (χ0v) is 12.6. The zero-order chi connectivity index (χ0) is 13.9. The van der Waals surface area contributed by atoms with E-state index in [0.29, 0.717) is 17.4 Å². The Morgan fingerprint density at radius 1 is 1.26 bits per heavy atom. The number of hydrogen-bond donors (Lipinski definition) is 1. The molecule has 2 heteroatoms. The molecule has 2 N–H and O–H groups in total. The molecule has 1 aromatic rings. The third-order valence-electron chi connectivity index (χ3n) is 4.76. The van der Waals surface area contributed by atoms with Crippen LogP contribution < -0.4 is 5.73 Å². The van der Waals surface area contributed by atoms with E-state index in [4.69, 9.17) is 5.73 Å². The van der Waals surface area contributed by atoms with Crippen LogP contribution in [0, 0.1) is 11.3 Å². The van der Waals surface area contributed by atoms with Crippen molar-refractivity contribution in [3.63, 3.8) is 0 Å². The fourth-order valence-corrected chi connectivity index (χ4v) is 3.23. The van der Waals surface area contributed by atoms with Crippen molar-refractivity contribution in [3.05, 3.63) is 35.9 Å². The van der Waals surface area contributed by atoms with Crippen LogP contribution in [0.15, 0.2) is 30.3 Å². The monoisotopic (exact) mass is 260 g/mol. The van der Waals surface area contributed by atoms with E-state index in [-0.39, 0.29) is 0 Å². The Labute approximate surface area is 118 Å². The number of nitrogens with zero attached hydrogens (tertiary/aromatic N) is 1. The van der Waals surface area contributed by atoms with Gasteiger partial charge in [0.05, 0.1) is 0 Å². The molecule has 1 saturated carbocycles. The van der Waals surface area contributed by atoms with E-state index < -0.39 is 0 Å². The standard InChI is InChI=1S/C17H28N2/c1-4-19(12-14-8-6-5-7-9-14)13-15-10-11-17(2,3)16(15)18/h5-9,15-16H,4,10-13,18H2,1-3H3. The highest BCUT2D eigenvalue weighted by atomic mass is 15.1. The molecule has 0 spiro atoms. The minimum atomic E-state index is 0.316. The van der Waals surface area contributed by atoms with E-state index in [0.717, 1.165) is 19.6 Å². The average Bonchev–Trinajstić information content (AvgIpc) is 2.66. The van der Waals surface area contributed by atoms with E-state index in [1.807, 2.05) is 0 Å². The van der Waals surface area contributed by atoms with Crippen molar-refractivity contribution in [1.29, 1.82) is 0 Å². The van der Waals surface area contributed by atoms with Gasteiger partial charge in [0.25, 0.3) is 0 Å². The van der Waals surface area contributed by atoms with Crippen molar-refractivity contribution in [1.82, 2.24) is 4.90 Å². The second-order valence-electron chi connectivity index (χ2n) is 6.63. The molecule has 19 heavy (non-hydrogen) atoms. The van der Waals surface area contributed by atoms with Crippen LogP contribution in [0.25, 0.3) is 0 Å². The first-order valence-electron chi connectivity index (χ1n) is 7.55. The van der Waals surface area contributed by atoms with Crippen LogP contribution in [0.5, 0.6) is 0 Å². The van der Waals surface area contributed by atoms with Crippen molar-refractivity contribution in [2.45, 2.75) is 46.2 Å². The smallest absolute Gasteiger partial charge is 0.0233 e. The first-order chi connectivity index (χ1) is 9.03. The van der Waals surface area contributed by atoms with E-state index >= 15 is 0 Å². The van der Waals surface area contributed by atoms with Gasteiger partial charge in [-0.25, -0.2) is 0 Å². The van der Waals surface area contributed by atoms with Gasteiger partial charge in [0.1, 0.15) is 0 Å². The summed E-state index contributed by atoms with van der Waals surface area (Å²) in [5.74, 6) is 0.652. The Kier molecular flexibility index (Phi) is 4.64. The van der Waals surface area contributed by atoms with Gasteiger partial charge >= 0.3 is 0 Å². The Morgan fingerprint density at radius 2 is 1.95 bits per heavy atom.